The number of carbonyl (C=O) groups is 1. The molecule has 2 rings (SSSR count). The molecular weight excluding hydrogens is 370 g/mol. The van der Waals surface area contributed by atoms with Gasteiger partial charge in [-0.3, -0.25) is 4.79 Å². The zero-order chi connectivity index (χ0) is 20.2. The third-order valence-electron chi connectivity index (χ3n) is 5.04. The molecule has 1 saturated heterocycles. The molecule has 1 fully saturated rings. The lowest BCUT2D eigenvalue weighted by molar-refractivity contribution is 0.0526. The van der Waals surface area contributed by atoms with Crippen LogP contribution in [-0.2, 0) is 11.2 Å². The van der Waals surface area contributed by atoms with Gasteiger partial charge in [-0.2, -0.15) is 0 Å². The Morgan fingerprint density at radius 3 is 2.96 bits per heavy atom. The van der Waals surface area contributed by atoms with Crippen LogP contribution in [0.25, 0.3) is 0 Å². The van der Waals surface area contributed by atoms with Crippen molar-refractivity contribution in [2.24, 2.45) is 0 Å². The van der Waals surface area contributed by atoms with Gasteiger partial charge in [-0.25, -0.2) is 0 Å². The molecule has 1 unspecified atom stereocenters. The van der Waals surface area contributed by atoms with E-state index in [1.807, 2.05) is 25.2 Å². The van der Waals surface area contributed by atoms with Crippen molar-refractivity contribution < 1.29 is 9.53 Å². The zero-order valence-electron chi connectivity index (χ0n) is 16.8. The van der Waals surface area contributed by atoms with Gasteiger partial charge in [0.05, 0.1) is 6.10 Å². The monoisotopic (exact) mass is 403 g/mol. The Hall–Kier alpha value is -1.92. The summed E-state index contributed by atoms with van der Waals surface area (Å²) in [6, 6.07) is 5.83. The van der Waals surface area contributed by atoms with Crippen LogP contribution in [0.4, 0.5) is 5.69 Å². The second-order valence-electron chi connectivity index (χ2n) is 7.02. The molecule has 0 saturated carbocycles. The second-order valence-corrected chi connectivity index (χ2v) is 7.25. The van der Waals surface area contributed by atoms with E-state index in [1.54, 1.807) is 6.08 Å². The summed E-state index contributed by atoms with van der Waals surface area (Å²) in [4.78, 5) is 12.5. The smallest absolute Gasteiger partial charge is 0.251 e. The van der Waals surface area contributed by atoms with Crippen LogP contribution in [0.3, 0.4) is 0 Å². The van der Waals surface area contributed by atoms with Crippen LogP contribution in [0, 0.1) is 0 Å². The average molecular weight is 404 g/mol. The molecule has 1 heterocycles. The molecule has 1 aromatic rings. The summed E-state index contributed by atoms with van der Waals surface area (Å²) >= 11 is 4.04. The topological polar surface area (TPSA) is 62.4 Å². The highest BCUT2D eigenvalue weighted by Gasteiger charge is 2.14. The van der Waals surface area contributed by atoms with E-state index in [9.17, 15) is 4.79 Å². The first-order chi connectivity index (χ1) is 13.7. The van der Waals surface area contributed by atoms with E-state index in [-0.39, 0.29) is 12.0 Å². The lowest BCUT2D eigenvalue weighted by Crippen LogP contribution is -2.28. The molecule has 1 aromatic carbocycles. The molecule has 1 atom stereocenters. The van der Waals surface area contributed by atoms with Crippen LogP contribution >= 0.6 is 12.8 Å². The van der Waals surface area contributed by atoms with Gasteiger partial charge in [0.2, 0.25) is 0 Å². The molecule has 3 N–H and O–H groups in total. The summed E-state index contributed by atoms with van der Waals surface area (Å²) in [6.07, 6.45) is 11.4. The third-order valence-corrected chi connectivity index (χ3v) is 5.30. The number of aryl methyl sites for hydroxylation is 1. The number of hydrogen-bond acceptors (Lipinski definition) is 5. The van der Waals surface area contributed by atoms with Crippen LogP contribution < -0.4 is 15.4 Å². The van der Waals surface area contributed by atoms with Crippen LogP contribution in [0.5, 0.6) is 0 Å². The van der Waals surface area contributed by atoms with Crippen molar-refractivity contribution in [2.75, 3.05) is 25.5 Å². The summed E-state index contributed by atoms with van der Waals surface area (Å²) in [7, 11) is 1.88. The number of benzene rings is 1. The molecule has 154 valence electrons. The fraction of sp³-hybridized carbons (Fsp3) is 0.500. The number of nitrogens with one attached hydrogen (secondary N) is 3. The highest BCUT2D eigenvalue weighted by atomic mass is 32.1. The highest BCUT2D eigenvalue weighted by molar-refractivity contribution is 7.78. The Balaban J connectivity index is 1.87. The molecule has 1 aliphatic rings. The van der Waals surface area contributed by atoms with Gasteiger partial charge in [0.25, 0.3) is 5.91 Å². The summed E-state index contributed by atoms with van der Waals surface area (Å²) in [5.74, 6) is -0.0372. The molecule has 0 bridgehead atoms. The lowest BCUT2D eigenvalue weighted by Gasteiger charge is -2.15. The average Bonchev–Trinajstić information content (AvgIpc) is 3.00. The number of thiol groups is 1. The van der Waals surface area contributed by atoms with Crippen molar-refractivity contribution in [2.45, 2.75) is 51.0 Å². The van der Waals surface area contributed by atoms with Gasteiger partial charge in [0.1, 0.15) is 0 Å². The molecule has 28 heavy (non-hydrogen) atoms. The number of anilines is 1. The van der Waals surface area contributed by atoms with E-state index in [4.69, 9.17) is 4.74 Å². The Labute approximate surface area is 174 Å². The number of ether oxygens (including phenoxy) is 1. The summed E-state index contributed by atoms with van der Waals surface area (Å²) in [6.45, 7) is 5.23. The molecule has 6 heteroatoms. The predicted octanol–water partition coefficient (Wildman–Crippen LogP) is 4.24. The van der Waals surface area contributed by atoms with Gasteiger partial charge in [0.15, 0.2) is 0 Å². The fourth-order valence-electron chi connectivity index (χ4n) is 3.39. The first-order valence-electron chi connectivity index (χ1n) is 10.1. The van der Waals surface area contributed by atoms with Crippen LogP contribution in [0.15, 0.2) is 42.6 Å². The van der Waals surface area contributed by atoms with Crippen LogP contribution in [0.2, 0.25) is 0 Å². The molecule has 0 aliphatic carbocycles. The Morgan fingerprint density at radius 2 is 2.21 bits per heavy atom. The predicted molar refractivity (Wildman–Crippen MR) is 120 cm³/mol. The van der Waals surface area contributed by atoms with Crippen molar-refractivity contribution in [3.8, 4) is 0 Å². The summed E-state index contributed by atoms with van der Waals surface area (Å²) in [5, 5.41) is 6.23. The van der Waals surface area contributed by atoms with E-state index in [2.05, 4.69) is 40.8 Å². The van der Waals surface area contributed by atoms with Gasteiger partial charge >= 0.3 is 0 Å². The molecule has 5 nitrogen and oxygen atoms in total. The number of amides is 1. The Bertz CT molecular complexity index is 668. The van der Waals surface area contributed by atoms with Crippen LogP contribution in [-0.4, -0.2) is 32.2 Å². The summed E-state index contributed by atoms with van der Waals surface area (Å²) < 4.78 is 8.63. The molecule has 1 aliphatic heterocycles. The van der Waals surface area contributed by atoms with Crippen molar-refractivity contribution in [3.63, 3.8) is 0 Å². The quantitative estimate of drug-likeness (QED) is 0.348. The van der Waals surface area contributed by atoms with Crippen molar-refractivity contribution >= 4 is 24.4 Å². The van der Waals surface area contributed by atoms with Gasteiger partial charge in [-0.05, 0) is 55.9 Å². The largest absolute Gasteiger partial charge is 0.388 e. The third kappa shape index (κ3) is 7.24. The minimum Gasteiger partial charge on any atom is -0.388 e. The van der Waals surface area contributed by atoms with Crippen molar-refractivity contribution in [1.82, 2.24) is 10.0 Å². The summed E-state index contributed by atoms with van der Waals surface area (Å²) in [5.41, 5.74) is 3.72. The van der Waals surface area contributed by atoms with Crippen LogP contribution in [0.1, 0.15) is 54.4 Å². The first kappa shape index (κ1) is 22.4. The number of carbonyl (C=O) groups excluding carboxylic acids is 1. The number of hydrogen-bond donors (Lipinski definition) is 4. The molecule has 0 aromatic heterocycles. The molecule has 0 radical (unpaired) electrons. The maximum Gasteiger partial charge on any atom is 0.251 e. The minimum atomic E-state index is -0.0372. The number of rotatable bonds is 10. The lowest BCUT2D eigenvalue weighted by atomic mass is 10.0. The Kier molecular flexibility index (Phi) is 10.0. The van der Waals surface area contributed by atoms with E-state index >= 15 is 0 Å². The minimum absolute atomic E-state index is 0.0372. The standard InChI is InChI=1S/C22H33N3O2S/c1-3-19(25-28)9-7-8-17-11-12-18(16-21(17)23-2)22(26)24-14-13-20-10-5-4-6-15-27-20/h3,9,11-12,16,20,23,25,28H,1,4-8,10,13-15H2,2H3,(H,24,26)/b19-9-. The molecular formula is C22H33N3O2S. The zero-order valence-corrected chi connectivity index (χ0v) is 17.7. The number of allylic oxidation sites excluding steroid dienone is 2. The second kappa shape index (κ2) is 12.5. The fourth-order valence-corrected chi connectivity index (χ4v) is 3.57. The van der Waals surface area contributed by atoms with Crippen molar-refractivity contribution in [3.05, 3.63) is 53.8 Å². The maximum absolute atomic E-state index is 12.5. The normalized spacial score (nSPS) is 17.5. The van der Waals surface area contributed by atoms with Gasteiger partial charge in [-0.15, -0.1) is 0 Å². The molecule has 1 amide bonds. The van der Waals surface area contributed by atoms with Gasteiger partial charge in [-0.1, -0.05) is 44.4 Å². The Morgan fingerprint density at radius 1 is 1.36 bits per heavy atom. The highest BCUT2D eigenvalue weighted by Crippen LogP contribution is 2.20. The first-order valence-corrected chi connectivity index (χ1v) is 10.6. The SMILES string of the molecule is C=C/C(=C/CCc1ccc(C(=O)NCCC2CCCCCO2)cc1NC)NS. The van der Waals surface area contributed by atoms with E-state index in [1.165, 1.54) is 18.4 Å². The van der Waals surface area contributed by atoms with Gasteiger partial charge < -0.3 is 20.1 Å². The molecule has 0 spiro atoms. The van der Waals surface area contributed by atoms with Gasteiger partial charge in [0, 0.05) is 37.1 Å². The van der Waals surface area contributed by atoms with Crippen molar-refractivity contribution in [1.29, 1.82) is 0 Å². The van der Waals surface area contributed by atoms with E-state index < -0.39 is 0 Å². The maximum atomic E-state index is 12.5. The van der Waals surface area contributed by atoms with E-state index in [0.717, 1.165) is 50.1 Å². The van der Waals surface area contributed by atoms with E-state index in [0.29, 0.717) is 12.1 Å².